The Balaban J connectivity index is 0.000000646. The number of benzene rings is 1. The van der Waals surface area contributed by atoms with E-state index in [0.29, 0.717) is 36.7 Å². The summed E-state index contributed by atoms with van der Waals surface area (Å²) in [5, 5.41) is 7.12. The lowest BCUT2D eigenvalue weighted by Gasteiger charge is -2.36. The number of aliphatic carboxylic acids is 1. The van der Waals surface area contributed by atoms with Gasteiger partial charge in [0.25, 0.3) is 0 Å². The van der Waals surface area contributed by atoms with Crippen LogP contribution in [0, 0.1) is 0 Å². The van der Waals surface area contributed by atoms with Crippen molar-refractivity contribution in [2.24, 2.45) is 0 Å². The van der Waals surface area contributed by atoms with Crippen LogP contribution in [0.2, 0.25) is 0 Å². The van der Waals surface area contributed by atoms with E-state index in [9.17, 15) is 35.9 Å². The molecule has 2 aliphatic rings. The van der Waals surface area contributed by atoms with Crippen LogP contribution in [0.4, 0.5) is 37.8 Å². The molecule has 1 saturated heterocycles. The minimum absolute atomic E-state index is 0.0883. The molecule has 15 heteroatoms. The largest absolute Gasteiger partial charge is 0.490 e. The van der Waals surface area contributed by atoms with Gasteiger partial charge in [0.15, 0.2) is 5.78 Å². The first-order valence-corrected chi connectivity index (χ1v) is 13.5. The Labute approximate surface area is 244 Å². The van der Waals surface area contributed by atoms with Crippen LogP contribution >= 0.6 is 0 Å². The van der Waals surface area contributed by atoms with Gasteiger partial charge in [0.2, 0.25) is 5.91 Å². The number of ketones is 1. The van der Waals surface area contributed by atoms with E-state index in [1.54, 1.807) is 37.8 Å². The Morgan fingerprint density at radius 3 is 2.05 bits per heavy atom. The molecule has 1 N–H and O–H groups in total. The van der Waals surface area contributed by atoms with Gasteiger partial charge in [-0.2, -0.15) is 26.3 Å². The smallest absolute Gasteiger partial charge is 0.475 e. The molecule has 0 unspecified atom stereocenters. The zero-order valence-corrected chi connectivity index (χ0v) is 23.9. The van der Waals surface area contributed by atoms with E-state index in [1.165, 1.54) is 0 Å². The highest BCUT2D eigenvalue weighted by atomic mass is 19.4. The molecule has 2 aliphatic heterocycles. The molecule has 0 atom stereocenters. The van der Waals surface area contributed by atoms with Gasteiger partial charge in [-0.25, -0.2) is 14.8 Å². The molecule has 2 aromatic rings. The molecule has 0 radical (unpaired) electrons. The van der Waals surface area contributed by atoms with Gasteiger partial charge in [-0.1, -0.05) is 32.9 Å². The Bertz CT molecular complexity index is 1290. The minimum atomic E-state index is -5.08. The number of hydrogen-bond acceptors (Lipinski definition) is 7. The number of halogens is 6. The molecule has 0 spiro atoms. The topological polar surface area (TPSA) is 107 Å². The first-order valence-electron chi connectivity index (χ1n) is 13.5. The molecular weight excluding hydrogens is 584 g/mol. The summed E-state index contributed by atoms with van der Waals surface area (Å²) in [6.45, 7) is 9.40. The SMILES string of the molecule is CC(C)(C)c1nc(N2CCN(CCCCN3C(=O)CC(=O)c4ccccc43)CC2)cc(C(F)(F)F)n1.O=C(O)C(F)(F)F. The van der Waals surface area contributed by atoms with Crippen LogP contribution in [-0.2, 0) is 21.2 Å². The van der Waals surface area contributed by atoms with Gasteiger partial charge in [-0.05, 0) is 31.5 Å². The fraction of sp³-hybridized carbons (Fsp3) is 0.536. The number of unbranched alkanes of at least 4 members (excludes halogenated alkanes) is 1. The summed E-state index contributed by atoms with van der Waals surface area (Å²) in [6, 6.07) is 8.25. The van der Waals surface area contributed by atoms with E-state index in [-0.39, 0.29) is 23.9 Å². The number of carbonyl (C=O) groups excluding carboxylic acids is 2. The molecule has 236 valence electrons. The fourth-order valence-electron chi connectivity index (χ4n) is 4.54. The minimum Gasteiger partial charge on any atom is -0.475 e. The molecule has 9 nitrogen and oxygen atoms in total. The van der Waals surface area contributed by atoms with E-state index in [4.69, 9.17) is 9.90 Å². The van der Waals surface area contributed by atoms with Crippen LogP contribution in [0.1, 0.15) is 61.9 Å². The van der Waals surface area contributed by atoms with Crippen molar-refractivity contribution in [1.82, 2.24) is 14.9 Å². The lowest BCUT2D eigenvalue weighted by atomic mass is 9.95. The Hall–Kier alpha value is -3.75. The van der Waals surface area contributed by atoms with E-state index < -0.39 is 29.4 Å². The number of anilines is 2. The van der Waals surface area contributed by atoms with E-state index >= 15 is 0 Å². The van der Waals surface area contributed by atoms with Gasteiger partial charge < -0.3 is 14.9 Å². The van der Waals surface area contributed by atoms with Crippen molar-refractivity contribution < 1.29 is 45.8 Å². The highest BCUT2D eigenvalue weighted by Crippen LogP contribution is 2.32. The van der Waals surface area contributed by atoms with Gasteiger partial charge >= 0.3 is 18.3 Å². The van der Waals surface area contributed by atoms with Crippen LogP contribution in [0.5, 0.6) is 0 Å². The molecule has 0 saturated carbocycles. The number of nitrogens with zero attached hydrogens (tertiary/aromatic N) is 5. The first-order chi connectivity index (χ1) is 19.9. The van der Waals surface area contributed by atoms with Crippen molar-refractivity contribution in [1.29, 1.82) is 0 Å². The number of para-hydroxylation sites is 1. The van der Waals surface area contributed by atoms with Crippen LogP contribution in [0.25, 0.3) is 0 Å². The number of Topliss-reactive ketones (excluding diaryl/α,β-unsaturated/α-hetero) is 1. The summed E-state index contributed by atoms with van der Waals surface area (Å²) < 4.78 is 72.1. The zero-order chi connectivity index (χ0) is 32.2. The quantitative estimate of drug-likeness (QED) is 0.276. The summed E-state index contributed by atoms with van der Waals surface area (Å²) in [5.41, 5.74) is -0.219. The number of carboxylic acids is 1. The number of amides is 1. The van der Waals surface area contributed by atoms with Crippen LogP contribution < -0.4 is 9.80 Å². The highest BCUT2D eigenvalue weighted by Gasteiger charge is 2.38. The van der Waals surface area contributed by atoms with Gasteiger partial charge in [-0.3, -0.25) is 14.5 Å². The van der Waals surface area contributed by atoms with Crippen LogP contribution in [-0.4, -0.2) is 83.1 Å². The molecule has 0 aliphatic carbocycles. The maximum atomic E-state index is 13.4. The number of hydrogen-bond donors (Lipinski definition) is 1. The lowest BCUT2D eigenvalue weighted by molar-refractivity contribution is -0.192. The van der Waals surface area contributed by atoms with E-state index in [1.807, 2.05) is 17.0 Å². The van der Waals surface area contributed by atoms with Crippen molar-refractivity contribution >= 4 is 29.2 Å². The van der Waals surface area contributed by atoms with Crippen LogP contribution in [0.15, 0.2) is 30.3 Å². The Morgan fingerprint density at radius 2 is 1.49 bits per heavy atom. The van der Waals surface area contributed by atoms with Gasteiger partial charge in [0, 0.05) is 49.8 Å². The maximum Gasteiger partial charge on any atom is 0.490 e. The summed E-state index contributed by atoms with van der Waals surface area (Å²) in [5.74, 6) is -2.55. The molecule has 1 fully saturated rings. The first kappa shape index (κ1) is 33.7. The number of carboxylic acid groups (broad SMARTS) is 1. The second kappa shape index (κ2) is 13.3. The fourth-order valence-corrected chi connectivity index (χ4v) is 4.54. The van der Waals surface area contributed by atoms with Gasteiger partial charge in [0.1, 0.15) is 17.3 Å². The van der Waals surface area contributed by atoms with Crippen molar-refractivity contribution in [2.45, 2.75) is 57.8 Å². The van der Waals surface area contributed by atoms with Crippen molar-refractivity contribution in [3.05, 3.63) is 47.4 Å². The molecule has 1 aromatic heterocycles. The monoisotopic (exact) mass is 617 g/mol. The summed E-state index contributed by atoms with van der Waals surface area (Å²) in [7, 11) is 0. The maximum absolute atomic E-state index is 13.4. The zero-order valence-electron chi connectivity index (χ0n) is 23.9. The van der Waals surface area contributed by atoms with E-state index in [2.05, 4.69) is 14.9 Å². The summed E-state index contributed by atoms with van der Waals surface area (Å²) in [4.78, 5) is 47.5. The predicted molar refractivity (Wildman–Crippen MR) is 145 cm³/mol. The highest BCUT2D eigenvalue weighted by molar-refractivity contribution is 6.19. The summed E-state index contributed by atoms with van der Waals surface area (Å²) in [6.07, 6.45) is -8.03. The molecule has 0 bridgehead atoms. The molecular formula is C28H33F6N5O4. The molecule has 43 heavy (non-hydrogen) atoms. The normalized spacial score (nSPS) is 16.5. The van der Waals surface area contributed by atoms with Crippen molar-refractivity contribution in [3.63, 3.8) is 0 Å². The molecule has 4 rings (SSSR count). The average Bonchev–Trinajstić information content (AvgIpc) is 2.91. The summed E-state index contributed by atoms with van der Waals surface area (Å²) >= 11 is 0. The number of fused-ring (bicyclic) bond motifs is 1. The number of alkyl halides is 6. The second-order valence-electron chi connectivity index (χ2n) is 11.2. The third-order valence-corrected chi connectivity index (χ3v) is 6.83. The van der Waals surface area contributed by atoms with Crippen molar-refractivity contribution in [3.8, 4) is 0 Å². The van der Waals surface area contributed by atoms with Crippen molar-refractivity contribution in [2.75, 3.05) is 49.1 Å². The van der Waals surface area contributed by atoms with Gasteiger partial charge in [0.05, 0.1) is 12.1 Å². The van der Waals surface area contributed by atoms with Crippen LogP contribution in [0.3, 0.4) is 0 Å². The number of rotatable bonds is 6. The number of carbonyl (C=O) groups is 3. The second-order valence-corrected chi connectivity index (χ2v) is 11.2. The van der Waals surface area contributed by atoms with Gasteiger partial charge in [-0.15, -0.1) is 0 Å². The average molecular weight is 618 g/mol. The number of piperazine rings is 1. The molecule has 1 aromatic carbocycles. The number of aromatic nitrogens is 2. The molecule has 1 amide bonds. The van der Waals surface area contributed by atoms with E-state index in [0.717, 1.165) is 38.5 Å². The standard InChI is InChI=1S/C26H32F3N5O2.C2HF3O2/c1-25(2,3)24-30-21(26(27,28)29)17-22(31-24)33-14-12-32(13-15-33)10-6-7-11-34-19-9-5-4-8-18(19)20(35)16-23(34)36;3-2(4,5)1(6)7/h4-5,8-9,17H,6-7,10-16H2,1-3H3;(H,6,7). The Morgan fingerprint density at radius 1 is 0.907 bits per heavy atom. The predicted octanol–water partition coefficient (Wildman–Crippen LogP) is 4.95. The lowest BCUT2D eigenvalue weighted by Crippen LogP contribution is -2.47. The third-order valence-electron chi connectivity index (χ3n) is 6.83. The Kier molecular flexibility index (Phi) is 10.4. The molecule has 3 heterocycles. The third kappa shape index (κ3) is 9.12.